The fourth-order valence-electron chi connectivity index (χ4n) is 13.9. The number of nitrogens with zero attached hydrogens (tertiary/aromatic N) is 21. The number of likely N-dealkylation sites (N-methyl/N-ethyl adjacent to an activating group) is 3. The lowest BCUT2D eigenvalue weighted by molar-refractivity contribution is -0.874. The lowest BCUT2D eigenvalue weighted by Crippen LogP contribution is -3.09. The number of esters is 3. The van der Waals surface area contributed by atoms with E-state index in [0.29, 0.717) is 81.1 Å². The number of carbonyl (C=O) groups excluding carboxylic acids is 3. The van der Waals surface area contributed by atoms with Gasteiger partial charge in [0.25, 0.3) is 11.1 Å². The summed E-state index contributed by atoms with van der Waals surface area (Å²) in [6.45, 7) is 16.6. The summed E-state index contributed by atoms with van der Waals surface area (Å²) in [5, 5.41) is 19.9. The monoisotopic (exact) mass is 2020 g/mol. The van der Waals surface area contributed by atoms with Gasteiger partial charge in [-0.25, -0.2) is 83.8 Å². The van der Waals surface area contributed by atoms with Crippen molar-refractivity contribution in [2.45, 2.75) is 101 Å². The highest BCUT2D eigenvalue weighted by Crippen LogP contribution is 2.39. The molecule has 0 atom stereocenters. The second kappa shape index (κ2) is 63.4. The SMILES string of the molecule is C.C.C.C.C.C.C1CCOC1.CN1CCN(c2cnc(-c3cccc(C(=O)O)c3)nc2)CC1.CN1CCN(c2cnc(-c3cccc(Cn4nc(C5CC5)ccc4=O)c3)nc2)CC1.COC(=O)c1cccc(-c2ncc(N)cn2)c1.COC(=O)c1cccc(-c2ncc(N3CCN(C)CC3)cn2)c1.COC(=O)c1cccc(-c2ncc(N=CN(C)C)cn2)c1.C[NH+](CCCl)CCCl.O=c1ccc(C2CC2)n[nH]1.[Cl-]. The van der Waals surface area contributed by atoms with Gasteiger partial charge in [0.15, 0.2) is 29.1 Å². The number of carbonyl (C=O) groups is 4. The number of quaternary nitrogens is 1. The van der Waals surface area contributed by atoms with E-state index in [4.69, 9.17) is 48.3 Å². The highest BCUT2D eigenvalue weighted by atomic mass is 35.5. The molecule has 4 saturated heterocycles. The predicted molar refractivity (Wildman–Crippen MR) is 569 cm³/mol. The zero-order valence-corrected chi connectivity index (χ0v) is 80.9. The molecule has 143 heavy (non-hydrogen) atoms. The average Bonchev–Trinajstić information content (AvgIpc) is 1.31. The molecule has 6 fully saturated rings. The molecule has 5 N–H and O–H groups in total. The molecule has 770 valence electrons. The number of carboxylic acid groups (broad SMARTS) is 1. The molecule has 11 heterocycles. The van der Waals surface area contributed by atoms with Gasteiger partial charge in [-0.3, -0.25) is 9.59 Å². The Balaban J connectivity index is 0.000000351. The summed E-state index contributed by atoms with van der Waals surface area (Å²) in [6.07, 6.45) is 26.4. The summed E-state index contributed by atoms with van der Waals surface area (Å²) in [7, 11) is 16.3. The fourth-order valence-corrected chi connectivity index (χ4v) is 14.5. The Morgan fingerprint density at radius 2 is 0.811 bits per heavy atom. The van der Waals surface area contributed by atoms with Gasteiger partial charge in [0, 0.05) is 158 Å². The Labute approximate surface area is 858 Å². The molecule has 2 aliphatic carbocycles. The number of aromatic carboxylic acids is 1. The molecular formula is C105H143Cl3N24O11. The van der Waals surface area contributed by atoms with Crippen LogP contribution in [0.5, 0.6) is 0 Å². The van der Waals surface area contributed by atoms with Gasteiger partial charge in [-0.1, -0.05) is 111 Å². The number of halogens is 3. The maximum absolute atomic E-state index is 12.2. The molecule has 4 aliphatic heterocycles. The number of nitrogen functional groups attached to an aromatic ring is 1. The van der Waals surface area contributed by atoms with Crippen LogP contribution in [0.2, 0.25) is 0 Å². The number of piperazine rings is 3. The highest BCUT2D eigenvalue weighted by Gasteiger charge is 2.27. The zero-order valence-electron chi connectivity index (χ0n) is 78.7. The first-order valence-corrected chi connectivity index (χ1v) is 46.0. The number of nitrogens with two attached hydrogens (primary N) is 1. The van der Waals surface area contributed by atoms with Crippen LogP contribution >= 0.6 is 23.2 Å². The molecule has 0 unspecified atom stereocenters. The van der Waals surface area contributed by atoms with Crippen molar-refractivity contribution in [1.29, 1.82) is 0 Å². The number of rotatable bonds is 22. The predicted octanol–water partition coefficient (Wildman–Crippen LogP) is 11.6. The molecule has 18 rings (SSSR count). The lowest BCUT2D eigenvalue weighted by Gasteiger charge is -2.33. The van der Waals surface area contributed by atoms with Crippen LogP contribution < -0.4 is 48.9 Å². The number of aromatic nitrogens is 14. The number of carboxylic acids is 1. The van der Waals surface area contributed by atoms with Crippen molar-refractivity contribution < 1.29 is 60.5 Å². The topological polar surface area (TPSA) is 400 Å². The molecule has 7 aromatic heterocycles. The maximum atomic E-state index is 12.2. The fraction of sp³-hybridized carbons (Fsp3) is 0.400. The third kappa shape index (κ3) is 39.7. The molecule has 2 saturated carbocycles. The Hall–Kier alpha value is -13.5. The Morgan fingerprint density at radius 1 is 0.476 bits per heavy atom. The maximum Gasteiger partial charge on any atom is 0.337 e. The van der Waals surface area contributed by atoms with E-state index in [9.17, 15) is 28.8 Å². The van der Waals surface area contributed by atoms with E-state index in [1.54, 1.807) is 121 Å². The van der Waals surface area contributed by atoms with Gasteiger partial charge in [-0.05, 0) is 132 Å². The Kier molecular flexibility index (Phi) is 54.0. The molecule has 0 radical (unpaired) electrons. The van der Waals surface area contributed by atoms with Gasteiger partial charge in [0.2, 0.25) is 0 Å². The smallest absolute Gasteiger partial charge is 0.337 e. The van der Waals surface area contributed by atoms with E-state index < -0.39 is 5.97 Å². The van der Waals surface area contributed by atoms with Crippen LogP contribution in [0, 0.1) is 0 Å². The van der Waals surface area contributed by atoms with Crippen molar-refractivity contribution in [2.24, 2.45) is 4.99 Å². The molecular weight excluding hydrogens is 1880 g/mol. The van der Waals surface area contributed by atoms with E-state index in [1.807, 2.05) is 98.4 Å². The first-order chi connectivity index (χ1) is 65.9. The van der Waals surface area contributed by atoms with Gasteiger partial charge in [0.1, 0.15) is 5.69 Å². The molecule has 35 nitrogen and oxygen atoms in total. The zero-order chi connectivity index (χ0) is 96.7. The number of hydrogen-bond acceptors (Lipinski definition) is 30. The van der Waals surface area contributed by atoms with Crippen molar-refractivity contribution in [2.75, 3.05) is 201 Å². The molecule has 0 spiro atoms. The van der Waals surface area contributed by atoms with Crippen LogP contribution in [0.25, 0.3) is 56.9 Å². The third-order valence-corrected chi connectivity index (χ3v) is 22.6. The quantitative estimate of drug-likeness (QED) is 0.0161. The van der Waals surface area contributed by atoms with E-state index in [1.165, 1.54) is 83.2 Å². The first kappa shape index (κ1) is 122. The first-order valence-electron chi connectivity index (χ1n) is 44.9. The van der Waals surface area contributed by atoms with Gasteiger partial charge in [-0.15, -0.1) is 23.2 Å². The number of methoxy groups -OCH3 is 3. The van der Waals surface area contributed by atoms with Crippen LogP contribution in [0.4, 0.5) is 28.4 Å². The van der Waals surface area contributed by atoms with Crippen molar-refractivity contribution in [3.8, 4) is 56.9 Å². The second-order valence-corrected chi connectivity index (χ2v) is 33.8. The number of ether oxygens (including phenoxy) is 4. The summed E-state index contributed by atoms with van der Waals surface area (Å²) < 4.78 is 20.6. The normalized spacial score (nSPS) is 13.9. The summed E-state index contributed by atoms with van der Waals surface area (Å²) in [5.74, 6) is 3.41. The van der Waals surface area contributed by atoms with Crippen LogP contribution in [0.15, 0.2) is 222 Å². The van der Waals surface area contributed by atoms with Gasteiger partial charge in [-0.2, -0.15) is 10.2 Å². The largest absolute Gasteiger partial charge is 1.00 e. The van der Waals surface area contributed by atoms with Gasteiger partial charge in [0.05, 0.1) is 184 Å². The van der Waals surface area contributed by atoms with Crippen molar-refractivity contribution >= 4 is 81.9 Å². The number of benzene rings is 5. The third-order valence-electron chi connectivity index (χ3n) is 22.2. The van der Waals surface area contributed by atoms with Gasteiger partial charge < -0.3 is 81.4 Å². The van der Waals surface area contributed by atoms with E-state index in [-0.39, 0.29) is 91.6 Å². The second-order valence-electron chi connectivity index (χ2n) is 33.1. The highest BCUT2D eigenvalue weighted by molar-refractivity contribution is 6.18. The average molecular weight is 2020 g/mol. The number of nitrogens with one attached hydrogen (secondary N) is 2. The van der Waals surface area contributed by atoms with Crippen molar-refractivity contribution in [3.05, 3.63) is 267 Å². The van der Waals surface area contributed by atoms with Crippen molar-refractivity contribution in [3.63, 3.8) is 0 Å². The molecule has 6 aliphatic rings. The van der Waals surface area contributed by atoms with Gasteiger partial charge >= 0.3 is 23.9 Å². The van der Waals surface area contributed by atoms with Crippen molar-refractivity contribution in [1.82, 2.24) is 89.4 Å². The molecule has 38 heteroatoms. The minimum absolute atomic E-state index is 0. The standard InChI is InChI=1S/C23H26N6O.C17H20N4O2.C16H18N4O2.C15H16N4O2.C12H11N3O2.C7H8N2O.C5H11Cl2N.C4H8O.6CH4.ClH/c1-27-9-11-28(12-10-27)20-14-24-23(25-15-20)19-4-2-3-17(13-19)16-29-22(30)8-7-21(26-29)18-5-6-18;1-20-6-8-21(9-7-20)15-11-18-16(19-12-15)13-4-3-5-14(10-13)17(22)23-2;1-19-5-7-20(8-6-19)14-10-17-15(18-11-14)12-3-2-4-13(9-12)16(21)22;1-19(2)10-18-13-8-16-14(17-9-13)11-5-4-6-12(7-11)15(20)21-3;1-17-12(16)9-4-2-3-8(5-9)11-14-6-10(13)7-15-11;10-7-4-3-6(8-9-7)5-1-2-5;1-8(4-2-6)5-3-7;1-2-4-5-3-1;;;;;;;/h2-4,7-8,13-15,18H,5-6,9-12,16H2,1H3;3-5,10-12H,6-9H2,1-2H3;2-4,9-11H,5-8H2,1H3,(H,21,22);4-10H,1-3H3;2-7H,13H2,1H3;3-5H,1-2H2,(H,9,10);2-5H2,1H3;1-4H2;6*1H4;1H. The Morgan fingerprint density at radius 3 is 1.14 bits per heavy atom. The number of aromatic amines is 1. The van der Waals surface area contributed by atoms with Crippen LogP contribution in [-0.2, 0) is 25.5 Å². The minimum Gasteiger partial charge on any atom is -1.00 e. The molecule has 0 bridgehead atoms. The minimum atomic E-state index is -0.948. The van der Waals surface area contributed by atoms with E-state index in [0.717, 1.165) is 173 Å². The van der Waals surface area contributed by atoms with E-state index >= 15 is 0 Å². The van der Waals surface area contributed by atoms with Crippen LogP contribution in [0.3, 0.4) is 0 Å². The number of aliphatic imine (C=N–C) groups is 1. The summed E-state index contributed by atoms with van der Waals surface area (Å²) in [5.41, 5.74) is 18.3. The number of H-pyrrole nitrogens is 1. The lowest BCUT2D eigenvalue weighted by atomic mass is 10.1. The molecule has 12 aromatic rings. The number of anilines is 4. The summed E-state index contributed by atoms with van der Waals surface area (Å²) in [4.78, 5) is 133. The Bertz CT molecular complexity index is 5890. The van der Waals surface area contributed by atoms with Crippen LogP contribution in [-0.4, -0.2) is 305 Å². The summed E-state index contributed by atoms with van der Waals surface area (Å²) >= 11 is 10.9. The summed E-state index contributed by atoms with van der Waals surface area (Å²) in [6, 6.07) is 42.6. The number of alkyl halides is 2. The molecule has 5 aromatic carbocycles. The molecule has 0 amide bonds. The number of hydrogen-bond donors (Lipinski definition) is 4. The van der Waals surface area contributed by atoms with E-state index in [2.05, 4.69) is 132 Å². The van der Waals surface area contributed by atoms with Crippen LogP contribution in [0.1, 0.15) is 153 Å².